The van der Waals surface area contributed by atoms with Crippen molar-refractivity contribution in [3.05, 3.63) is 17.9 Å². The van der Waals surface area contributed by atoms with Crippen LogP contribution >= 0.6 is 23.4 Å². The van der Waals surface area contributed by atoms with E-state index < -0.39 is 0 Å². The first kappa shape index (κ1) is 13.6. The normalized spacial score (nSPS) is 16.7. The van der Waals surface area contributed by atoms with Gasteiger partial charge in [-0.1, -0.05) is 6.42 Å². The summed E-state index contributed by atoms with van der Waals surface area (Å²) in [5, 5.41) is 7.37. The Hall–Kier alpha value is -1.41. The minimum absolute atomic E-state index is 0.139. The monoisotopic (exact) mass is 311 g/mol. The Bertz CT molecular complexity index is 579. The van der Waals surface area contributed by atoms with Gasteiger partial charge >= 0.3 is 0 Å². The molecule has 0 saturated heterocycles. The van der Waals surface area contributed by atoms with Crippen molar-refractivity contribution >= 4 is 29.3 Å². The molecule has 1 saturated carbocycles. The van der Waals surface area contributed by atoms with E-state index in [-0.39, 0.29) is 5.28 Å². The van der Waals surface area contributed by atoms with E-state index in [9.17, 15) is 0 Å². The van der Waals surface area contributed by atoms with E-state index in [0.717, 1.165) is 6.54 Å². The molecule has 2 aromatic rings. The van der Waals surface area contributed by atoms with Gasteiger partial charge in [0.05, 0.1) is 0 Å². The first-order chi connectivity index (χ1) is 9.71. The zero-order valence-electron chi connectivity index (χ0n) is 11.0. The topological polar surface area (TPSA) is 81.4 Å². The van der Waals surface area contributed by atoms with E-state index in [2.05, 4.69) is 36.6 Å². The van der Waals surface area contributed by atoms with E-state index in [1.54, 1.807) is 0 Å². The van der Waals surface area contributed by atoms with Gasteiger partial charge in [-0.2, -0.15) is 36.5 Å². The van der Waals surface area contributed by atoms with Crippen LogP contribution < -0.4 is 5.32 Å². The van der Waals surface area contributed by atoms with Crippen LogP contribution in [0.25, 0.3) is 5.95 Å². The standard InChI is InChI=1S/C11H14ClN7S/c1-20-11(3-2-4-11)5-14-9-16-8(12)17-10(18-9)19-7-13-6-15-19/h6-7H,2-5H2,1H3,(H,14,16,17,18). The van der Waals surface area contributed by atoms with Crippen LogP contribution in [0.5, 0.6) is 0 Å². The molecule has 0 radical (unpaired) electrons. The highest BCUT2D eigenvalue weighted by Gasteiger charge is 2.36. The number of thioether (sulfide) groups is 1. The molecule has 9 heteroatoms. The number of hydrogen-bond donors (Lipinski definition) is 1. The Morgan fingerprint density at radius 3 is 2.85 bits per heavy atom. The summed E-state index contributed by atoms with van der Waals surface area (Å²) in [5.74, 6) is 0.827. The summed E-state index contributed by atoms with van der Waals surface area (Å²) in [7, 11) is 0. The Morgan fingerprint density at radius 1 is 1.40 bits per heavy atom. The van der Waals surface area contributed by atoms with Crippen LogP contribution in [0, 0.1) is 0 Å². The highest BCUT2D eigenvalue weighted by Crippen LogP contribution is 2.42. The molecular formula is C11H14ClN7S. The van der Waals surface area contributed by atoms with Crippen molar-refractivity contribution in [2.45, 2.75) is 24.0 Å². The lowest BCUT2D eigenvalue weighted by Gasteiger charge is -2.40. The molecule has 2 aromatic heterocycles. The third-order valence-electron chi connectivity index (χ3n) is 3.49. The molecule has 3 rings (SSSR count). The smallest absolute Gasteiger partial charge is 0.258 e. The molecule has 0 unspecified atom stereocenters. The fourth-order valence-corrected chi connectivity index (χ4v) is 3.17. The average Bonchev–Trinajstić information content (AvgIpc) is 2.91. The maximum atomic E-state index is 5.93. The Morgan fingerprint density at radius 2 is 2.25 bits per heavy atom. The van der Waals surface area contributed by atoms with E-state index in [0.29, 0.717) is 16.6 Å². The molecule has 0 amide bonds. The number of nitrogens with one attached hydrogen (secondary N) is 1. The highest BCUT2D eigenvalue weighted by molar-refractivity contribution is 8.00. The van der Waals surface area contributed by atoms with Crippen molar-refractivity contribution < 1.29 is 0 Å². The highest BCUT2D eigenvalue weighted by atomic mass is 35.5. The molecule has 0 bridgehead atoms. The van der Waals surface area contributed by atoms with E-state index in [1.165, 1.54) is 36.6 Å². The lowest BCUT2D eigenvalue weighted by molar-refractivity contribution is 0.379. The lowest BCUT2D eigenvalue weighted by atomic mass is 9.84. The van der Waals surface area contributed by atoms with Crippen LogP contribution in [0.15, 0.2) is 12.7 Å². The fraction of sp³-hybridized carbons (Fsp3) is 0.545. The van der Waals surface area contributed by atoms with Crippen LogP contribution in [0.2, 0.25) is 5.28 Å². The number of aromatic nitrogens is 6. The van der Waals surface area contributed by atoms with Crippen molar-refractivity contribution in [1.82, 2.24) is 29.7 Å². The minimum atomic E-state index is 0.139. The van der Waals surface area contributed by atoms with Gasteiger partial charge in [0.15, 0.2) is 0 Å². The molecular weight excluding hydrogens is 298 g/mol. The molecule has 1 N–H and O–H groups in total. The van der Waals surface area contributed by atoms with Gasteiger partial charge in [0.25, 0.3) is 5.95 Å². The zero-order chi connectivity index (χ0) is 14.0. The summed E-state index contributed by atoms with van der Waals surface area (Å²) < 4.78 is 1.75. The first-order valence-corrected chi connectivity index (χ1v) is 7.87. The number of hydrogen-bond acceptors (Lipinski definition) is 7. The number of rotatable bonds is 5. The molecule has 1 aliphatic carbocycles. The van der Waals surface area contributed by atoms with Gasteiger partial charge < -0.3 is 5.32 Å². The first-order valence-electron chi connectivity index (χ1n) is 6.26. The van der Waals surface area contributed by atoms with Crippen molar-refractivity contribution in [1.29, 1.82) is 0 Å². The van der Waals surface area contributed by atoms with Crippen LogP contribution in [-0.2, 0) is 0 Å². The van der Waals surface area contributed by atoms with Crippen molar-refractivity contribution in [3.63, 3.8) is 0 Å². The molecule has 7 nitrogen and oxygen atoms in total. The molecule has 0 spiro atoms. The predicted molar refractivity (Wildman–Crippen MR) is 78.3 cm³/mol. The fourth-order valence-electron chi connectivity index (χ4n) is 2.10. The van der Waals surface area contributed by atoms with Crippen molar-refractivity contribution in [3.8, 4) is 5.95 Å². The Labute approximate surface area is 125 Å². The Balaban J connectivity index is 1.76. The summed E-state index contributed by atoms with van der Waals surface area (Å²) in [6, 6.07) is 0. The van der Waals surface area contributed by atoms with Gasteiger partial charge in [0.1, 0.15) is 12.7 Å². The van der Waals surface area contributed by atoms with E-state index in [1.807, 2.05) is 11.8 Å². The van der Waals surface area contributed by atoms with Crippen LogP contribution in [0.1, 0.15) is 19.3 Å². The molecule has 106 valence electrons. The maximum absolute atomic E-state index is 5.93. The average molecular weight is 312 g/mol. The molecule has 20 heavy (non-hydrogen) atoms. The van der Waals surface area contributed by atoms with Gasteiger partial charge in [-0.25, -0.2) is 4.98 Å². The Kier molecular flexibility index (Phi) is 3.75. The summed E-state index contributed by atoms with van der Waals surface area (Å²) in [6.45, 7) is 0.825. The summed E-state index contributed by atoms with van der Waals surface area (Å²) in [5.41, 5.74) is 0. The van der Waals surface area contributed by atoms with Crippen LogP contribution in [-0.4, -0.2) is 47.3 Å². The summed E-state index contributed by atoms with van der Waals surface area (Å²) in [6.07, 6.45) is 8.80. The quantitative estimate of drug-likeness (QED) is 0.901. The number of anilines is 1. The predicted octanol–water partition coefficient (Wildman–Crippen LogP) is 1.80. The third kappa shape index (κ3) is 2.71. The second-order valence-corrected chi connectivity index (χ2v) is 6.27. The minimum Gasteiger partial charge on any atom is -0.353 e. The van der Waals surface area contributed by atoms with Gasteiger partial charge in [0, 0.05) is 11.3 Å². The van der Waals surface area contributed by atoms with Crippen molar-refractivity contribution in [2.24, 2.45) is 0 Å². The van der Waals surface area contributed by atoms with Crippen molar-refractivity contribution in [2.75, 3.05) is 18.1 Å². The molecule has 0 aromatic carbocycles. The lowest BCUT2D eigenvalue weighted by Crippen LogP contribution is -2.40. The summed E-state index contributed by atoms with van der Waals surface area (Å²) in [4.78, 5) is 16.3. The second-order valence-electron chi connectivity index (χ2n) is 4.66. The van der Waals surface area contributed by atoms with Crippen LogP contribution in [0.3, 0.4) is 0 Å². The van der Waals surface area contributed by atoms with Gasteiger partial charge in [-0.05, 0) is 30.7 Å². The second kappa shape index (κ2) is 5.53. The summed E-state index contributed by atoms with van der Waals surface area (Å²) >= 11 is 7.82. The number of halogens is 1. The largest absolute Gasteiger partial charge is 0.353 e. The third-order valence-corrected chi connectivity index (χ3v) is 5.07. The van der Waals surface area contributed by atoms with Crippen LogP contribution in [0.4, 0.5) is 5.95 Å². The molecule has 2 heterocycles. The van der Waals surface area contributed by atoms with Gasteiger partial charge in [-0.3, -0.25) is 0 Å². The van der Waals surface area contributed by atoms with E-state index >= 15 is 0 Å². The molecule has 1 fully saturated rings. The molecule has 1 aliphatic rings. The van der Waals surface area contributed by atoms with E-state index in [4.69, 9.17) is 11.6 Å². The number of nitrogens with zero attached hydrogens (tertiary/aromatic N) is 6. The maximum Gasteiger partial charge on any atom is 0.258 e. The molecule has 0 atom stereocenters. The molecule has 0 aliphatic heterocycles. The zero-order valence-corrected chi connectivity index (χ0v) is 12.5. The van der Waals surface area contributed by atoms with Gasteiger partial charge in [-0.15, -0.1) is 0 Å². The van der Waals surface area contributed by atoms with Gasteiger partial charge in [0.2, 0.25) is 11.2 Å². The SMILES string of the molecule is CSC1(CNc2nc(Cl)nc(-n3cncn3)n2)CCC1.